The number of aryl methyl sites for hydroxylation is 1. The van der Waals surface area contributed by atoms with Crippen LogP contribution in [0.2, 0.25) is 0 Å². The topological polar surface area (TPSA) is 58.0 Å². The molecule has 4 nitrogen and oxygen atoms in total. The monoisotopic (exact) mass is 172 g/mol. The van der Waals surface area contributed by atoms with E-state index in [1.807, 2.05) is 0 Å². The number of aromatic nitrogens is 2. The first-order valence-electron chi connectivity index (χ1n) is 3.86. The van der Waals surface area contributed by atoms with Crippen LogP contribution < -0.4 is 24.0 Å². The van der Waals surface area contributed by atoms with Crippen LogP contribution in [-0.4, -0.2) is 15.5 Å². The number of nitrogens with zero attached hydrogens (tertiary/aromatic N) is 2. The Bertz CT molecular complexity index is 331. The molecular weight excluding hydrogens is 163 g/mol. The number of carbonyl (C=O) groups excluding carboxylic acids is 1. The van der Waals surface area contributed by atoms with Crippen LogP contribution in [0.3, 0.4) is 0 Å². The molecule has 13 heavy (non-hydrogen) atoms. The van der Waals surface area contributed by atoms with Crippen molar-refractivity contribution in [3.63, 3.8) is 0 Å². The third kappa shape index (κ3) is 1.41. The van der Waals surface area contributed by atoms with Gasteiger partial charge in [-0.05, 0) is 12.8 Å². The summed E-state index contributed by atoms with van der Waals surface area (Å²) in [5.74, 6) is -0.390. The van der Waals surface area contributed by atoms with Crippen molar-refractivity contribution < 1.29 is 28.8 Å². The largest absolute Gasteiger partial charge is 1.00 e. The molecule has 0 aromatic carbocycles. The summed E-state index contributed by atoms with van der Waals surface area (Å²) < 4.78 is 1.74. The summed E-state index contributed by atoms with van der Waals surface area (Å²) in [6.45, 7) is 0. The summed E-state index contributed by atoms with van der Waals surface area (Å²) in [7, 11) is 1.80. The zero-order valence-corrected chi connectivity index (χ0v) is 7.78. The van der Waals surface area contributed by atoms with Gasteiger partial charge in [0.2, 0.25) is 0 Å². The standard InChI is InChI=1S/C8H10N2O2.Li/c1-10-5-4-9-6(10)8(2-3-8)7(11)12;/h4-5H,2-3H2,1H3,(H,11,12);/q;+1/p-1. The molecule has 1 aromatic rings. The Labute approximate surface area is 88.1 Å². The summed E-state index contributed by atoms with van der Waals surface area (Å²) in [6, 6.07) is 0. The van der Waals surface area contributed by atoms with Gasteiger partial charge in [-0.15, -0.1) is 0 Å². The molecule has 0 spiro atoms. The van der Waals surface area contributed by atoms with Gasteiger partial charge in [-0.1, -0.05) is 0 Å². The predicted octanol–water partition coefficient (Wildman–Crippen LogP) is -3.79. The molecule has 2 rings (SSSR count). The Morgan fingerprint density at radius 3 is 2.62 bits per heavy atom. The minimum absolute atomic E-state index is 0. The molecule has 1 aliphatic carbocycles. The van der Waals surface area contributed by atoms with Gasteiger partial charge in [-0.3, -0.25) is 0 Å². The fraction of sp³-hybridized carbons (Fsp3) is 0.500. The average molecular weight is 172 g/mol. The van der Waals surface area contributed by atoms with Crippen LogP contribution in [0.25, 0.3) is 0 Å². The van der Waals surface area contributed by atoms with Crippen molar-refractivity contribution in [2.24, 2.45) is 7.05 Å². The molecule has 0 atom stereocenters. The molecule has 0 bridgehead atoms. The van der Waals surface area contributed by atoms with Crippen LogP contribution in [0.1, 0.15) is 18.7 Å². The normalized spacial score (nSPS) is 17.6. The molecule has 1 aromatic heterocycles. The quantitative estimate of drug-likeness (QED) is 0.430. The molecule has 0 aliphatic heterocycles. The van der Waals surface area contributed by atoms with Crippen LogP contribution >= 0.6 is 0 Å². The van der Waals surface area contributed by atoms with Crippen molar-refractivity contribution in [3.05, 3.63) is 18.2 Å². The van der Waals surface area contributed by atoms with Gasteiger partial charge in [0.1, 0.15) is 5.82 Å². The summed E-state index contributed by atoms with van der Waals surface area (Å²) in [6.07, 6.45) is 4.66. The number of aliphatic carboxylic acids is 1. The Kier molecular flexibility index (Phi) is 2.55. The molecule has 1 aliphatic rings. The van der Waals surface area contributed by atoms with Crippen molar-refractivity contribution in [2.75, 3.05) is 0 Å². The zero-order chi connectivity index (χ0) is 8.77. The van der Waals surface area contributed by atoms with E-state index < -0.39 is 11.4 Å². The Morgan fingerprint density at radius 1 is 1.69 bits per heavy atom. The van der Waals surface area contributed by atoms with Crippen molar-refractivity contribution in [2.45, 2.75) is 18.3 Å². The first-order chi connectivity index (χ1) is 5.67. The van der Waals surface area contributed by atoms with E-state index in [-0.39, 0.29) is 18.9 Å². The van der Waals surface area contributed by atoms with E-state index in [0.29, 0.717) is 18.7 Å². The van der Waals surface area contributed by atoms with Gasteiger partial charge >= 0.3 is 18.9 Å². The van der Waals surface area contributed by atoms with Crippen molar-refractivity contribution >= 4 is 5.97 Å². The number of carbonyl (C=O) groups is 1. The average Bonchev–Trinajstić information content (AvgIpc) is 2.71. The number of hydrogen-bond donors (Lipinski definition) is 0. The number of carboxylic acid groups (broad SMARTS) is 1. The van der Waals surface area contributed by atoms with Gasteiger partial charge in [-0.2, -0.15) is 0 Å². The third-order valence-electron chi connectivity index (χ3n) is 2.39. The van der Waals surface area contributed by atoms with Gasteiger partial charge in [0.05, 0.1) is 11.4 Å². The summed E-state index contributed by atoms with van der Waals surface area (Å²) in [5, 5.41) is 10.8. The van der Waals surface area contributed by atoms with E-state index in [4.69, 9.17) is 0 Å². The van der Waals surface area contributed by atoms with Crippen molar-refractivity contribution in [1.82, 2.24) is 9.55 Å². The minimum atomic E-state index is -1.00. The fourth-order valence-corrected chi connectivity index (χ4v) is 1.47. The van der Waals surface area contributed by atoms with E-state index in [1.54, 1.807) is 24.0 Å². The summed E-state index contributed by atoms with van der Waals surface area (Å²) in [5.41, 5.74) is -0.780. The van der Waals surface area contributed by atoms with E-state index >= 15 is 0 Å². The van der Waals surface area contributed by atoms with Crippen molar-refractivity contribution in [1.29, 1.82) is 0 Å². The van der Waals surface area contributed by atoms with E-state index in [0.717, 1.165) is 0 Å². The van der Waals surface area contributed by atoms with E-state index in [9.17, 15) is 9.90 Å². The molecule has 0 N–H and O–H groups in total. The second-order valence-electron chi connectivity index (χ2n) is 3.23. The molecule has 1 fully saturated rings. The molecule has 1 saturated carbocycles. The summed E-state index contributed by atoms with van der Waals surface area (Å²) >= 11 is 0. The SMILES string of the molecule is Cn1ccnc1C1(C(=O)[O-])CC1.[Li+]. The number of carboxylic acids is 1. The predicted molar refractivity (Wildman–Crippen MR) is 39.1 cm³/mol. The van der Waals surface area contributed by atoms with E-state index in [2.05, 4.69) is 4.98 Å². The van der Waals surface area contributed by atoms with Crippen LogP contribution in [0.5, 0.6) is 0 Å². The first kappa shape index (κ1) is 10.4. The maximum absolute atomic E-state index is 10.8. The van der Waals surface area contributed by atoms with Crippen molar-refractivity contribution in [3.8, 4) is 0 Å². The molecular formula is C8H9LiN2O2. The maximum atomic E-state index is 10.8. The molecule has 0 amide bonds. The van der Waals surface area contributed by atoms with Gasteiger partial charge in [-0.25, -0.2) is 4.98 Å². The first-order valence-corrected chi connectivity index (χ1v) is 3.86. The van der Waals surface area contributed by atoms with Gasteiger partial charge in [0, 0.05) is 19.4 Å². The fourth-order valence-electron chi connectivity index (χ4n) is 1.47. The molecule has 5 heteroatoms. The second-order valence-corrected chi connectivity index (χ2v) is 3.23. The van der Waals surface area contributed by atoms with Gasteiger partial charge in [0.25, 0.3) is 0 Å². The molecule has 0 unspecified atom stereocenters. The van der Waals surface area contributed by atoms with E-state index in [1.165, 1.54) is 0 Å². The summed E-state index contributed by atoms with van der Waals surface area (Å²) in [4.78, 5) is 14.8. The number of hydrogen-bond acceptors (Lipinski definition) is 3. The molecule has 0 saturated heterocycles. The van der Waals surface area contributed by atoms with Crippen LogP contribution in [0.15, 0.2) is 12.4 Å². The smallest absolute Gasteiger partial charge is 0.549 e. The third-order valence-corrected chi connectivity index (χ3v) is 2.39. The Balaban J connectivity index is 0.000000845. The van der Waals surface area contributed by atoms with Gasteiger partial charge < -0.3 is 14.5 Å². The van der Waals surface area contributed by atoms with Crippen LogP contribution in [-0.2, 0) is 17.3 Å². The van der Waals surface area contributed by atoms with Gasteiger partial charge in [0.15, 0.2) is 0 Å². The molecule has 0 radical (unpaired) electrons. The van der Waals surface area contributed by atoms with Crippen LogP contribution in [0.4, 0.5) is 0 Å². The van der Waals surface area contributed by atoms with Crippen LogP contribution in [0, 0.1) is 0 Å². The maximum Gasteiger partial charge on any atom is 1.00 e. The second kappa shape index (κ2) is 3.21. The molecule has 64 valence electrons. The Morgan fingerprint density at radius 2 is 2.31 bits per heavy atom. The minimum Gasteiger partial charge on any atom is -0.549 e. The molecule has 1 heterocycles. The number of rotatable bonds is 2. The Hall–Kier alpha value is -0.723. The number of imidazole rings is 1. The zero-order valence-electron chi connectivity index (χ0n) is 7.78.